The minimum Gasteiger partial charge on any atom is -0.382 e. The molecule has 0 aromatic heterocycles. The van der Waals surface area contributed by atoms with E-state index in [9.17, 15) is 0 Å². The second-order valence-corrected chi connectivity index (χ2v) is 7.94. The summed E-state index contributed by atoms with van der Waals surface area (Å²) in [5.74, 6) is 0.764. The summed E-state index contributed by atoms with van der Waals surface area (Å²) >= 11 is 0. The van der Waals surface area contributed by atoms with Crippen molar-refractivity contribution in [1.82, 2.24) is 4.90 Å². The molecule has 2 atom stereocenters. The molecule has 2 fully saturated rings. The van der Waals surface area contributed by atoms with Crippen LogP contribution >= 0.6 is 0 Å². The van der Waals surface area contributed by atoms with Crippen molar-refractivity contribution in [3.63, 3.8) is 0 Å². The fourth-order valence-corrected chi connectivity index (χ4v) is 4.27. The summed E-state index contributed by atoms with van der Waals surface area (Å²) in [4.78, 5) is 2.59. The van der Waals surface area contributed by atoms with E-state index in [1.54, 1.807) is 0 Å². The van der Waals surface area contributed by atoms with Gasteiger partial charge in [-0.05, 0) is 61.7 Å². The van der Waals surface area contributed by atoms with Crippen LogP contribution in [-0.2, 0) is 6.54 Å². The number of anilines is 1. The highest BCUT2D eigenvalue weighted by molar-refractivity contribution is 5.52. The molecule has 2 heteroatoms. The summed E-state index contributed by atoms with van der Waals surface area (Å²) in [6.45, 7) is 10.8. The van der Waals surface area contributed by atoms with Gasteiger partial charge in [-0.1, -0.05) is 39.0 Å². The predicted octanol–water partition coefficient (Wildman–Crippen LogP) is 4.52. The molecule has 1 aromatic carbocycles. The quantitative estimate of drug-likeness (QED) is 0.875. The van der Waals surface area contributed by atoms with E-state index in [1.165, 1.54) is 50.0 Å². The SMILES string of the molecule is CC1CC(C)(C)CC1Nc1ccccc1CN1CCCC1. The van der Waals surface area contributed by atoms with Crippen LogP contribution in [0.25, 0.3) is 0 Å². The number of benzene rings is 1. The van der Waals surface area contributed by atoms with Crippen molar-refractivity contribution in [2.75, 3.05) is 18.4 Å². The minimum atomic E-state index is 0.487. The Morgan fingerprint density at radius 3 is 2.52 bits per heavy atom. The van der Waals surface area contributed by atoms with Gasteiger partial charge < -0.3 is 5.32 Å². The van der Waals surface area contributed by atoms with Crippen LogP contribution in [0.1, 0.15) is 52.0 Å². The molecule has 1 aromatic rings. The topological polar surface area (TPSA) is 15.3 Å². The summed E-state index contributed by atoms with van der Waals surface area (Å²) in [6, 6.07) is 9.54. The highest BCUT2D eigenvalue weighted by Crippen LogP contribution is 2.42. The third-order valence-corrected chi connectivity index (χ3v) is 5.28. The molecule has 0 amide bonds. The molecule has 1 saturated carbocycles. The molecule has 0 spiro atoms. The largest absolute Gasteiger partial charge is 0.382 e. The molecule has 3 rings (SSSR count). The van der Waals surface area contributed by atoms with Gasteiger partial charge in [0.1, 0.15) is 0 Å². The predicted molar refractivity (Wildman–Crippen MR) is 90.5 cm³/mol. The molecule has 1 aliphatic heterocycles. The monoisotopic (exact) mass is 286 g/mol. The van der Waals surface area contributed by atoms with Gasteiger partial charge in [-0.2, -0.15) is 0 Å². The van der Waals surface area contributed by atoms with Crippen molar-refractivity contribution in [2.45, 2.75) is 59.0 Å². The number of nitrogens with zero attached hydrogens (tertiary/aromatic N) is 1. The standard InChI is InChI=1S/C19H30N2/c1-15-12-19(2,3)13-18(15)20-17-9-5-4-8-16(17)14-21-10-6-7-11-21/h4-5,8-9,15,18,20H,6-7,10-14H2,1-3H3. The normalized spacial score (nSPS) is 28.9. The maximum atomic E-state index is 3.86. The van der Waals surface area contributed by atoms with Crippen molar-refractivity contribution in [1.29, 1.82) is 0 Å². The Balaban J connectivity index is 1.70. The van der Waals surface area contributed by atoms with Crippen LogP contribution in [0.2, 0.25) is 0 Å². The van der Waals surface area contributed by atoms with E-state index >= 15 is 0 Å². The number of para-hydroxylation sites is 1. The van der Waals surface area contributed by atoms with Crippen LogP contribution in [0.5, 0.6) is 0 Å². The molecular weight excluding hydrogens is 256 g/mol. The Labute approximate surface area is 129 Å². The van der Waals surface area contributed by atoms with Crippen molar-refractivity contribution in [3.8, 4) is 0 Å². The van der Waals surface area contributed by atoms with Crippen molar-refractivity contribution in [3.05, 3.63) is 29.8 Å². The van der Waals surface area contributed by atoms with Gasteiger partial charge in [-0.25, -0.2) is 0 Å². The van der Waals surface area contributed by atoms with Crippen molar-refractivity contribution in [2.24, 2.45) is 11.3 Å². The van der Waals surface area contributed by atoms with Gasteiger partial charge in [0.25, 0.3) is 0 Å². The number of hydrogen-bond donors (Lipinski definition) is 1. The molecule has 2 unspecified atom stereocenters. The fraction of sp³-hybridized carbons (Fsp3) is 0.684. The first-order chi connectivity index (χ1) is 10.0. The Kier molecular flexibility index (Phi) is 4.26. The van der Waals surface area contributed by atoms with E-state index in [1.807, 2.05) is 0 Å². The smallest absolute Gasteiger partial charge is 0.0388 e. The Bertz CT molecular complexity index is 474. The van der Waals surface area contributed by atoms with Crippen LogP contribution in [0.4, 0.5) is 5.69 Å². The summed E-state index contributed by atoms with van der Waals surface area (Å²) < 4.78 is 0. The third-order valence-electron chi connectivity index (χ3n) is 5.28. The van der Waals surface area contributed by atoms with Crippen LogP contribution < -0.4 is 5.32 Å². The first-order valence-corrected chi connectivity index (χ1v) is 8.60. The van der Waals surface area contributed by atoms with Gasteiger partial charge in [-0.3, -0.25) is 4.90 Å². The number of hydrogen-bond acceptors (Lipinski definition) is 2. The maximum Gasteiger partial charge on any atom is 0.0388 e. The molecule has 2 aliphatic rings. The molecule has 21 heavy (non-hydrogen) atoms. The molecule has 0 bridgehead atoms. The zero-order chi connectivity index (χ0) is 14.9. The first-order valence-electron chi connectivity index (χ1n) is 8.60. The van der Waals surface area contributed by atoms with Gasteiger partial charge in [0.15, 0.2) is 0 Å². The van der Waals surface area contributed by atoms with Crippen molar-refractivity contribution < 1.29 is 0 Å². The summed E-state index contributed by atoms with van der Waals surface area (Å²) in [6.07, 6.45) is 5.35. The lowest BCUT2D eigenvalue weighted by atomic mass is 9.91. The zero-order valence-electron chi connectivity index (χ0n) is 13.9. The van der Waals surface area contributed by atoms with Gasteiger partial charge in [0, 0.05) is 18.3 Å². The molecule has 2 nitrogen and oxygen atoms in total. The van der Waals surface area contributed by atoms with E-state index in [0.29, 0.717) is 11.5 Å². The molecule has 0 radical (unpaired) electrons. The lowest BCUT2D eigenvalue weighted by Gasteiger charge is -2.23. The van der Waals surface area contributed by atoms with E-state index in [2.05, 4.69) is 55.3 Å². The zero-order valence-corrected chi connectivity index (χ0v) is 13.9. The highest BCUT2D eigenvalue weighted by atomic mass is 15.1. The van der Waals surface area contributed by atoms with Crippen LogP contribution in [0.3, 0.4) is 0 Å². The lowest BCUT2D eigenvalue weighted by molar-refractivity contribution is 0.331. The number of likely N-dealkylation sites (tertiary alicyclic amines) is 1. The van der Waals surface area contributed by atoms with Crippen LogP contribution in [0, 0.1) is 11.3 Å². The number of rotatable bonds is 4. The van der Waals surface area contributed by atoms with E-state index in [-0.39, 0.29) is 0 Å². The summed E-state index contributed by atoms with van der Waals surface area (Å²) in [5, 5.41) is 3.86. The molecule has 1 aliphatic carbocycles. The third kappa shape index (κ3) is 3.60. The van der Waals surface area contributed by atoms with Gasteiger partial charge in [0.2, 0.25) is 0 Å². The second kappa shape index (κ2) is 6.00. The Morgan fingerprint density at radius 2 is 1.86 bits per heavy atom. The molecular formula is C19H30N2. The Hall–Kier alpha value is -1.02. The first kappa shape index (κ1) is 14.9. The summed E-state index contributed by atoms with van der Waals surface area (Å²) in [7, 11) is 0. The van der Waals surface area contributed by atoms with E-state index in [4.69, 9.17) is 0 Å². The van der Waals surface area contributed by atoms with E-state index in [0.717, 1.165) is 12.5 Å². The van der Waals surface area contributed by atoms with Gasteiger partial charge in [0.05, 0.1) is 0 Å². The van der Waals surface area contributed by atoms with E-state index < -0.39 is 0 Å². The Morgan fingerprint density at radius 1 is 1.14 bits per heavy atom. The van der Waals surface area contributed by atoms with Gasteiger partial charge in [-0.15, -0.1) is 0 Å². The summed E-state index contributed by atoms with van der Waals surface area (Å²) in [5.41, 5.74) is 3.32. The molecule has 1 heterocycles. The second-order valence-electron chi connectivity index (χ2n) is 7.94. The molecule has 1 N–H and O–H groups in total. The average Bonchev–Trinajstić information content (AvgIpc) is 3.00. The average molecular weight is 286 g/mol. The van der Waals surface area contributed by atoms with Gasteiger partial charge >= 0.3 is 0 Å². The lowest BCUT2D eigenvalue weighted by Crippen LogP contribution is -2.25. The minimum absolute atomic E-state index is 0.487. The highest BCUT2D eigenvalue weighted by Gasteiger charge is 2.36. The maximum absolute atomic E-state index is 3.86. The van der Waals surface area contributed by atoms with Crippen molar-refractivity contribution >= 4 is 5.69 Å². The van der Waals surface area contributed by atoms with Crippen LogP contribution in [-0.4, -0.2) is 24.0 Å². The molecule has 1 saturated heterocycles. The fourth-order valence-electron chi connectivity index (χ4n) is 4.27. The number of nitrogens with one attached hydrogen (secondary N) is 1. The molecule has 116 valence electrons. The van der Waals surface area contributed by atoms with Crippen LogP contribution in [0.15, 0.2) is 24.3 Å².